The van der Waals surface area contributed by atoms with Gasteiger partial charge in [-0.15, -0.1) is 0 Å². The lowest BCUT2D eigenvalue weighted by atomic mass is 10.1. The normalized spacial score (nSPS) is 16.0. The number of nitrogens with zero attached hydrogens (tertiary/aromatic N) is 5. The molecular formula is C22H23N5O4. The predicted octanol–water partition coefficient (Wildman–Crippen LogP) is 2.67. The van der Waals surface area contributed by atoms with Gasteiger partial charge >= 0.3 is 5.97 Å². The number of anilines is 2. The zero-order chi connectivity index (χ0) is 21.4. The van der Waals surface area contributed by atoms with Crippen LogP contribution in [0.25, 0.3) is 5.65 Å². The van der Waals surface area contributed by atoms with Crippen LogP contribution in [0.4, 0.5) is 11.6 Å². The number of carbonyl (C=O) groups is 2. The Morgan fingerprint density at radius 2 is 1.90 bits per heavy atom. The van der Waals surface area contributed by atoms with Crippen LogP contribution in [0.3, 0.4) is 0 Å². The molecule has 0 aliphatic carbocycles. The zero-order valence-electron chi connectivity index (χ0n) is 17.3. The number of carbonyl (C=O) groups excluding carboxylic acids is 2. The fraction of sp³-hybridized carbons (Fsp3) is 0.364. The first-order valence-corrected chi connectivity index (χ1v) is 10.4. The molecule has 2 aliphatic heterocycles. The van der Waals surface area contributed by atoms with Gasteiger partial charge < -0.3 is 23.7 Å². The minimum absolute atomic E-state index is 0.00112. The van der Waals surface area contributed by atoms with Crippen LogP contribution in [0.5, 0.6) is 5.75 Å². The second-order valence-corrected chi connectivity index (χ2v) is 7.67. The Morgan fingerprint density at radius 3 is 2.71 bits per heavy atom. The van der Waals surface area contributed by atoms with Crippen LogP contribution in [-0.2, 0) is 4.74 Å². The molecule has 3 aromatic heterocycles. The van der Waals surface area contributed by atoms with Gasteiger partial charge in [0.1, 0.15) is 12.3 Å². The number of amides is 1. The van der Waals surface area contributed by atoms with Gasteiger partial charge in [-0.2, -0.15) is 0 Å². The Morgan fingerprint density at radius 1 is 1.06 bits per heavy atom. The van der Waals surface area contributed by atoms with E-state index in [2.05, 4.69) is 9.97 Å². The number of methoxy groups -OCH3 is 1. The second kappa shape index (κ2) is 7.90. The van der Waals surface area contributed by atoms with Crippen LogP contribution in [0.1, 0.15) is 40.0 Å². The van der Waals surface area contributed by atoms with Gasteiger partial charge in [0.15, 0.2) is 17.4 Å². The van der Waals surface area contributed by atoms with E-state index in [9.17, 15) is 9.59 Å². The molecule has 9 nitrogen and oxygen atoms in total. The summed E-state index contributed by atoms with van der Waals surface area (Å²) in [5.41, 5.74) is 1.69. The van der Waals surface area contributed by atoms with Crippen LogP contribution in [0.15, 0.2) is 36.8 Å². The number of esters is 1. The summed E-state index contributed by atoms with van der Waals surface area (Å²) in [5.74, 6) is 1.48. The average molecular weight is 421 g/mol. The molecule has 5 rings (SSSR count). The Hall–Kier alpha value is -3.62. The Bertz CT molecular complexity index is 1150. The molecule has 0 radical (unpaired) electrons. The fourth-order valence-electron chi connectivity index (χ4n) is 4.07. The van der Waals surface area contributed by atoms with Crippen LogP contribution in [0.2, 0.25) is 0 Å². The topological polar surface area (TPSA) is 89.3 Å². The van der Waals surface area contributed by atoms with E-state index in [1.165, 1.54) is 13.5 Å². The van der Waals surface area contributed by atoms with Crippen LogP contribution < -0.4 is 9.64 Å². The highest BCUT2D eigenvalue weighted by atomic mass is 16.5. The number of hydrogen-bond donors (Lipinski definition) is 0. The Labute approximate surface area is 179 Å². The zero-order valence-corrected chi connectivity index (χ0v) is 17.3. The molecule has 9 heteroatoms. The second-order valence-electron chi connectivity index (χ2n) is 7.67. The Balaban J connectivity index is 1.44. The van der Waals surface area contributed by atoms with Crippen molar-refractivity contribution >= 4 is 29.2 Å². The van der Waals surface area contributed by atoms with Crippen LogP contribution in [-0.4, -0.2) is 64.5 Å². The van der Waals surface area contributed by atoms with E-state index in [-0.39, 0.29) is 5.91 Å². The molecule has 160 valence electrons. The number of likely N-dealkylation sites (tertiary alicyclic amines) is 1. The maximum absolute atomic E-state index is 12.8. The van der Waals surface area contributed by atoms with E-state index in [4.69, 9.17) is 9.47 Å². The number of imidazole rings is 1. The van der Waals surface area contributed by atoms with E-state index in [0.717, 1.165) is 25.9 Å². The van der Waals surface area contributed by atoms with Gasteiger partial charge in [0.25, 0.3) is 5.91 Å². The molecule has 0 bridgehead atoms. The molecule has 0 N–H and O–H groups in total. The summed E-state index contributed by atoms with van der Waals surface area (Å²) >= 11 is 0. The molecular weight excluding hydrogens is 398 g/mol. The first kappa shape index (κ1) is 19.3. The lowest BCUT2D eigenvalue weighted by Gasteiger charge is -2.30. The summed E-state index contributed by atoms with van der Waals surface area (Å²) in [6.45, 7) is 2.61. The van der Waals surface area contributed by atoms with Crippen molar-refractivity contribution in [1.82, 2.24) is 19.3 Å². The van der Waals surface area contributed by atoms with Gasteiger partial charge in [-0.05, 0) is 37.5 Å². The smallest absolute Gasteiger partial charge is 0.339 e. The summed E-state index contributed by atoms with van der Waals surface area (Å²) in [6.07, 6.45) is 8.39. The van der Waals surface area contributed by atoms with Gasteiger partial charge in [-0.25, -0.2) is 14.8 Å². The molecule has 1 saturated heterocycles. The number of pyridine rings is 2. The molecule has 2 aliphatic rings. The molecule has 1 amide bonds. The average Bonchev–Trinajstić information content (AvgIpc) is 3.26. The van der Waals surface area contributed by atoms with E-state index >= 15 is 0 Å². The van der Waals surface area contributed by atoms with Crippen LogP contribution >= 0.6 is 0 Å². The van der Waals surface area contributed by atoms with Gasteiger partial charge in [-0.1, -0.05) is 0 Å². The van der Waals surface area contributed by atoms with Crippen molar-refractivity contribution in [3.63, 3.8) is 0 Å². The summed E-state index contributed by atoms with van der Waals surface area (Å²) in [7, 11) is 1.35. The van der Waals surface area contributed by atoms with E-state index in [1.807, 2.05) is 16.0 Å². The lowest BCUT2D eigenvalue weighted by Crippen LogP contribution is -2.36. The van der Waals surface area contributed by atoms with E-state index < -0.39 is 5.97 Å². The maximum atomic E-state index is 12.8. The monoisotopic (exact) mass is 421 g/mol. The standard InChI is InChI=1S/C22H23N5O4/c1-30-22(29)15-5-6-18-24-19(14-26(18)13-15)27-9-10-31-17-11-16(12-23-20(17)27)21(28)25-7-3-2-4-8-25/h5-6,11-14H,2-4,7-10H2,1H3. The lowest BCUT2D eigenvalue weighted by molar-refractivity contribution is 0.0599. The third-order valence-electron chi connectivity index (χ3n) is 5.69. The molecule has 5 heterocycles. The van der Waals surface area contributed by atoms with Crippen molar-refractivity contribution in [2.45, 2.75) is 19.3 Å². The third kappa shape index (κ3) is 3.56. The molecule has 0 saturated carbocycles. The molecule has 3 aromatic rings. The highest BCUT2D eigenvalue weighted by Gasteiger charge is 2.26. The van der Waals surface area contributed by atoms with Crippen molar-refractivity contribution in [2.24, 2.45) is 0 Å². The van der Waals surface area contributed by atoms with Crippen molar-refractivity contribution < 1.29 is 19.1 Å². The minimum atomic E-state index is -0.401. The highest BCUT2D eigenvalue weighted by Crippen LogP contribution is 2.35. The number of rotatable bonds is 3. The Kier molecular flexibility index (Phi) is 4.93. The van der Waals surface area contributed by atoms with E-state index in [1.54, 1.807) is 35.0 Å². The van der Waals surface area contributed by atoms with Crippen molar-refractivity contribution in [1.29, 1.82) is 0 Å². The summed E-state index contributed by atoms with van der Waals surface area (Å²) in [5, 5.41) is 0. The SMILES string of the molecule is COC(=O)c1ccc2nc(N3CCOc4cc(C(=O)N5CCCCC5)cnc43)cn2c1. The molecule has 0 atom stereocenters. The number of hydrogen-bond acceptors (Lipinski definition) is 7. The number of aromatic nitrogens is 3. The van der Waals surface area contributed by atoms with Gasteiger partial charge in [0.05, 0.1) is 31.0 Å². The molecule has 0 spiro atoms. The maximum Gasteiger partial charge on any atom is 0.339 e. The predicted molar refractivity (Wildman–Crippen MR) is 113 cm³/mol. The van der Waals surface area contributed by atoms with Crippen molar-refractivity contribution in [2.75, 3.05) is 38.3 Å². The molecule has 0 unspecified atom stereocenters. The first-order chi connectivity index (χ1) is 15.1. The summed E-state index contributed by atoms with van der Waals surface area (Å²) in [6, 6.07) is 5.23. The minimum Gasteiger partial charge on any atom is -0.488 e. The fourth-order valence-corrected chi connectivity index (χ4v) is 4.07. The third-order valence-corrected chi connectivity index (χ3v) is 5.69. The molecule has 0 aromatic carbocycles. The van der Waals surface area contributed by atoms with Crippen LogP contribution in [0, 0.1) is 0 Å². The molecule has 1 fully saturated rings. The highest BCUT2D eigenvalue weighted by molar-refractivity contribution is 5.95. The quantitative estimate of drug-likeness (QED) is 0.601. The first-order valence-electron chi connectivity index (χ1n) is 10.4. The summed E-state index contributed by atoms with van der Waals surface area (Å²) < 4.78 is 12.4. The number of piperidine rings is 1. The summed E-state index contributed by atoms with van der Waals surface area (Å²) in [4.78, 5) is 37.7. The van der Waals surface area contributed by atoms with Crippen molar-refractivity contribution in [3.8, 4) is 5.75 Å². The number of ether oxygens (including phenoxy) is 2. The molecule has 31 heavy (non-hydrogen) atoms. The van der Waals surface area contributed by atoms with Gasteiger partial charge in [-0.3, -0.25) is 4.79 Å². The number of fused-ring (bicyclic) bond motifs is 2. The largest absolute Gasteiger partial charge is 0.488 e. The van der Waals surface area contributed by atoms with E-state index in [0.29, 0.717) is 47.3 Å². The van der Waals surface area contributed by atoms with Gasteiger partial charge in [0, 0.05) is 25.5 Å². The van der Waals surface area contributed by atoms with Crippen molar-refractivity contribution in [3.05, 3.63) is 47.9 Å². The van der Waals surface area contributed by atoms with Gasteiger partial charge in [0.2, 0.25) is 0 Å².